The largest absolute Gasteiger partial charge is 0.378 e. The van der Waals surface area contributed by atoms with Gasteiger partial charge >= 0.3 is 0 Å². The van der Waals surface area contributed by atoms with E-state index in [-0.39, 0.29) is 0 Å². The van der Waals surface area contributed by atoms with Gasteiger partial charge in [0.1, 0.15) is 0 Å². The first-order chi connectivity index (χ1) is 4.75. The van der Waals surface area contributed by atoms with E-state index >= 15 is 0 Å². The molecule has 2 N–H and O–H groups in total. The molecular formula is C8H17NO. The summed E-state index contributed by atoms with van der Waals surface area (Å²) in [5.74, 6) is 0.602. The Morgan fingerprint density at radius 1 is 1.70 bits per heavy atom. The monoisotopic (exact) mass is 143 g/mol. The standard InChI is InChI=1S/C8H17NO/c1-3-8-7(6(2)9)4-5-10-8/h6-8H,3-5,9H2,1-2H3. The molecule has 60 valence electrons. The Kier molecular flexibility index (Phi) is 2.69. The third-order valence-electron chi connectivity index (χ3n) is 2.34. The maximum Gasteiger partial charge on any atom is 0.0616 e. The topological polar surface area (TPSA) is 35.2 Å². The molecule has 0 aromatic rings. The van der Waals surface area contributed by atoms with Crippen molar-refractivity contribution < 1.29 is 4.74 Å². The van der Waals surface area contributed by atoms with Gasteiger partial charge in [0, 0.05) is 18.6 Å². The van der Waals surface area contributed by atoms with Crippen LogP contribution in [0.4, 0.5) is 0 Å². The highest BCUT2D eigenvalue weighted by molar-refractivity contribution is 4.80. The SMILES string of the molecule is CCC1OCCC1C(C)N. The summed E-state index contributed by atoms with van der Waals surface area (Å²) in [6.45, 7) is 5.14. The predicted molar refractivity (Wildman–Crippen MR) is 41.8 cm³/mol. The molecule has 0 aliphatic carbocycles. The van der Waals surface area contributed by atoms with Gasteiger partial charge in [0.15, 0.2) is 0 Å². The molecule has 0 spiro atoms. The van der Waals surface area contributed by atoms with Crippen LogP contribution in [0.25, 0.3) is 0 Å². The first-order valence-corrected chi connectivity index (χ1v) is 4.13. The van der Waals surface area contributed by atoms with Crippen LogP contribution in [0.1, 0.15) is 26.7 Å². The lowest BCUT2D eigenvalue weighted by Gasteiger charge is -2.19. The Bertz CT molecular complexity index is 103. The summed E-state index contributed by atoms with van der Waals surface area (Å²) in [6, 6.07) is 0.299. The van der Waals surface area contributed by atoms with Crippen LogP contribution >= 0.6 is 0 Å². The Balaban J connectivity index is 2.42. The van der Waals surface area contributed by atoms with Gasteiger partial charge in [-0.3, -0.25) is 0 Å². The maximum absolute atomic E-state index is 5.78. The van der Waals surface area contributed by atoms with Crippen LogP contribution < -0.4 is 5.73 Å². The molecule has 1 aliphatic rings. The highest BCUT2D eigenvalue weighted by Gasteiger charge is 2.28. The summed E-state index contributed by atoms with van der Waals surface area (Å²) in [7, 11) is 0. The van der Waals surface area contributed by atoms with Crippen molar-refractivity contribution in [1.29, 1.82) is 0 Å². The molecule has 1 heterocycles. The number of hydrogen-bond donors (Lipinski definition) is 1. The molecule has 2 nitrogen and oxygen atoms in total. The van der Waals surface area contributed by atoms with Crippen LogP contribution in [0.5, 0.6) is 0 Å². The van der Waals surface area contributed by atoms with Gasteiger partial charge < -0.3 is 10.5 Å². The zero-order chi connectivity index (χ0) is 7.56. The molecule has 10 heavy (non-hydrogen) atoms. The fraction of sp³-hybridized carbons (Fsp3) is 1.00. The average Bonchev–Trinajstić information content (AvgIpc) is 2.33. The molecule has 0 saturated carbocycles. The lowest BCUT2D eigenvalue weighted by molar-refractivity contribution is 0.0828. The normalized spacial score (nSPS) is 36.3. The Morgan fingerprint density at radius 2 is 2.40 bits per heavy atom. The van der Waals surface area contributed by atoms with Gasteiger partial charge in [-0.2, -0.15) is 0 Å². The van der Waals surface area contributed by atoms with Crippen molar-refractivity contribution in [2.75, 3.05) is 6.61 Å². The molecule has 0 aromatic heterocycles. The summed E-state index contributed by atoms with van der Waals surface area (Å²) in [4.78, 5) is 0. The quantitative estimate of drug-likeness (QED) is 0.629. The van der Waals surface area contributed by atoms with E-state index in [4.69, 9.17) is 10.5 Å². The predicted octanol–water partition coefficient (Wildman–Crippen LogP) is 1.15. The molecule has 1 aliphatic heterocycles. The molecule has 3 unspecified atom stereocenters. The van der Waals surface area contributed by atoms with Crippen molar-refractivity contribution in [3.8, 4) is 0 Å². The summed E-state index contributed by atoms with van der Waals surface area (Å²) in [5.41, 5.74) is 5.78. The van der Waals surface area contributed by atoms with E-state index in [0.29, 0.717) is 18.1 Å². The van der Waals surface area contributed by atoms with Gasteiger partial charge in [0.2, 0.25) is 0 Å². The van der Waals surface area contributed by atoms with Gasteiger partial charge in [-0.1, -0.05) is 6.92 Å². The van der Waals surface area contributed by atoms with E-state index in [2.05, 4.69) is 13.8 Å². The third kappa shape index (κ3) is 1.50. The van der Waals surface area contributed by atoms with Crippen LogP contribution in [0, 0.1) is 5.92 Å². The number of hydrogen-bond acceptors (Lipinski definition) is 2. The number of nitrogens with two attached hydrogens (primary N) is 1. The van der Waals surface area contributed by atoms with Gasteiger partial charge in [0.05, 0.1) is 6.10 Å². The zero-order valence-corrected chi connectivity index (χ0v) is 6.84. The van der Waals surface area contributed by atoms with Gasteiger partial charge in [0.25, 0.3) is 0 Å². The highest BCUT2D eigenvalue weighted by atomic mass is 16.5. The Labute approximate surface area is 62.7 Å². The van der Waals surface area contributed by atoms with E-state index in [1.807, 2.05) is 0 Å². The number of rotatable bonds is 2. The Hall–Kier alpha value is -0.0800. The first-order valence-electron chi connectivity index (χ1n) is 4.13. The molecule has 1 saturated heterocycles. The molecular weight excluding hydrogens is 126 g/mol. The minimum atomic E-state index is 0.299. The minimum absolute atomic E-state index is 0.299. The van der Waals surface area contributed by atoms with Crippen molar-refractivity contribution in [2.24, 2.45) is 11.7 Å². The molecule has 3 atom stereocenters. The van der Waals surface area contributed by atoms with Crippen LogP contribution in [0.2, 0.25) is 0 Å². The van der Waals surface area contributed by atoms with Crippen molar-refractivity contribution in [3.05, 3.63) is 0 Å². The Morgan fingerprint density at radius 3 is 2.80 bits per heavy atom. The van der Waals surface area contributed by atoms with E-state index in [9.17, 15) is 0 Å². The van der Waals surface area contributed by atoms with Gasteiger partial charge in [-0.15, -0.1) is 0 Å². The first kappa shape index (κ1) is 8.02. The highest BCUT2D eigenvalue weighted by Crippen LogP contribution is 2.25. The van der Waals surface area contributed by atoms with Crippen molar-refractivity contribution in [1.82, 2.24) is 0 Å². The lowest BCUT2D eigenvalue weighted by Crippen LogP contribution is -2.32. The second kappa shape index (κ2) is 3.35. The van der Waals surface area contributed by atoms with Crippen LogP contribution in [0.3, 0.4) is 0 Å². The molecule has 0 aromatic carbocycles. The lowest BCUT2D eigenvalue weighted by atomic mass is 9.93. The average molecular weight is 143 g/mol. The molecule has 0 bridgehead atoms. The van der Waals surface area contributed by atoms with E-state index in [1.165, 1.54) is 0 Å². The van der Waals surface area contributed by atoms with Crippen molar-refractivity contribution >= 4 is 0 Å². The second-order valence-electron chi connectivity index (χ2n) is 3.13. The molecule has 1 fully saturated rings. The summed E-state index contributed by atoms with van der Waals surface area (Å²) in [6.07, 6.45) is 2.68. The molecule has 0 amide bonds. The van der Waals surface area contributed by atoms with E-state index in [1.54, 1.807) is 0 Å². The van der Waals surface area contributed by atoms with E-state index in [0.717, 1.165) is 19.4 Å². The number of ether oxygens (including phenoxy) is 1. The van der Waals surface area contributed by atoms with Gasteiger partial charge in [-0.05, 0) is 19.8 Å². The molecule has 0 radical (unpaired) electrons. The summed E-state index contributed by atoms with van der Waals surface area (Å²) in [5, 5.41) is 0. The maximum atomic E-state index is 5.78. The molecule has 1 rings (SSSR count). The summed E-state index contributed by atoms with van der Waals surface area (Å²) >= 11 is 0. The zero-order valence-electron chi connectivity index (χ0n) is 6.84. The van der Waals surface area contributed by atoms with Crippen molar-refractivity contribution in [2.45, 2.75) is 38.8 Å². The van der Waals surface area contributed by atoms with Gasteiger partial charge in [-0.25, -0.2) is 0 Å². The smallest absolute Gasteiger partial charge is 0.0616 e. The summed E-state index contributed by atoms with van der Waals surface area (Å²) < 4.78 is 5.50. The second-order valence-corrected chi connectivity index (χ2v) is 3.13. The third-order valence-corrected chi connectivity index (χ3v) is 2.34. The van der Waals surface area contributed by atoms with E-state index < -0.39 is 0 Å². The van der Waals surface area contributed by atoms with Crippen LogP contribution in [-0.4, -0.2) is 18.8 Å². The molecule has 2 heteroatoms. The fourth-order valence-electron chi connectivity index (χ4n) is 1.69. The van der Waals surface area contributed by atoms with Crippen LogP contribution in [-0.2, 0) is 4.74 Å². The van der Waals surface area contributed by atoms with Crippen molar-refractivity contribution in [3.63, 3.8) is 0 Å². The van der Waals surface area contributed by atoms with Crippen LogP contribution in [0.15, 0.2) is 0 Å². The fourth-order valence-corrected chi connectivity index (χ4v) is 1.69. The minimum Gasteiger partial charge on any atom is -0.378 e.